The van der Waals surface area contributed by atoms with Gasteiger partial charge in [-0.2, -0.15) is 0 Å². The van der Waals surface area contributed by atoms with Crippen molar-refractivity contribution in [3.05, 3.63) is 59.2 Å². The fraction of sp³-hybridized carbons (Fsp3) is 0.200. The lowest BCUT2D eigenvalue weighted by atomic mass is 10.2. The summed E-state index contributed by atoms with van der Waals surface area (Å²) in [6, 6.07) is 15.1. The van der Waals surface area contributed by atoms with E-state index in [0.717, 1.165) is 10.6 Å². The average Bonchev–Trinajstić information content (AvgIpc) is 2.32. The van der Waals surface area contributed by atoms with E-state index in [9.17, 15) is 0 Å². The number of hydrogen-bond acceptors (Lipinski definition) is 2. The van der Waals surface area contributed by atoms with Crippen LogP contribution in [-0.4, -0.2) is 0 Å². The minimum absolute atomic E-state index is 0.997. The molecule has 0 amide bonds. The van der Waals surface area contributed by atoms with Crippen molar-refractivity contribution in [2.75, 3.05) is 0 Å². The Kier molecular flexibility index (Phi) is 4.19. The zero-order chi connectivity index (χ0) is 12.3. The lowest BCUT2D eigenvalue weighted by Crippen LogP contribution is -1.83. The zero-order valence-electron chi connectivity index (χ0n) is 10.1. The Bertz CT molecular complexity index is 501. The second-order valence-electron chi connectivity index (χ2n) is 4.25. The number of thioether (sulfide) groups is 1. The zero-order valence-corrected chi connectivity index (χ0v) is 11.8. The summed E-state index contributed by atoms with van der Waals surface area (Å²) in [5, 5.41) is 0. The van der Waals surface area contributed by atoms with Crippen LogP contribution in [0, 0.1) is 13.8 Å². The van der Waals surface area contributed by atoms with E-state index in [-0.39, 0.29) is 0 Å². The van der Waals surface area contributed by atoms with Crippen molar-refractivity contribution in [3.63, 3.8) is 0 Å². The maximum absolute atomic E-state index is 4.49. The number of hydrogen-bond donors (Lipinski definition) is 1. The first kappa shape index (κ1) is 12.6. The van der Waals surface area contributed by atoms with Crippen molar-refractivity contribution < 1.29 is 0 Å². The summed E-state index contributed by atoms with van der Waals surface area (Å²) in [6.07, 6.45) is 0. The van der Waals surface area contributed by atoms with Crippen LogP contribution in [0.2, 0.25) is 0 Å². The second-order valence-corrected chi connectivity index (χ2v) is 5.74. The van der Waals surface area contributed by atoms with Gasteiger partial charge in [-0.05, 0) is 37.1 Å². The van der Waals surface area contributed by atoms with E-state index < -0.39 is 0 Å². The largest absolute Gasteiger partial charge is 0.142 e. The van der Waals surface area contributed by atoms with Crippen LogP contribution in [0.15, 0.2) is 52.3 Å². The van der Waals surface area contributed by atoms with Crippen LogP contribution in [0.4, 0.5) is 0 Å². The Balaban J connectivity index is 2.07. The summed E-state index contributed by atoms with van der Waals surface area (Å²) in [5.41, 5.74) is 3.95. The number of aryl methyl sites for hydroxylation is 2. The molecule has 0 nitrogen and oxygen atoms in total. The summed E-state index contributed by atoms with van der Waals surface area (Å²) >= 11 is 6.33. The summed E-state index contributed by atoms with van der Waals surface area (Å²) in [4.78, 5) is 2.32. The standard InChI is InChI=1S/C15H16S2/c1-11-3-6-13(7-4-11)10-17-15-9-12(2)5-8-14(15)16/h3-9,16H,10H2,1-2H3. The molecule has 0 saturated carbocycles. The molecule has 0 aromatic heterocycles. The fourth-order valence-corrected chi connectivity index (χ4v) is 2.91. The molecule has 0 aliphatic heterocycles. The highest BCUT2D eigenvalue weighted by molar-refractivity contribution is 7.99. The maximum atomic E-state index is 4.49. The Labute approximate surface area is 113 Å². The van der Waals surface area contributed by atoms with Gasteiger partial charge in [0.2, 0.25) is 0 Å². The Morgan fingerprint density at radius 3 is 2.29 bits per heavy atom. The van der Waals surface area contributed by atoms with Crippen LogP contribution in [0.3, 0.4) is 0 Å². The predicted octanol–water partition coefficient (Wildman–Crippen LogP) is 4.88. The Morgan fingerprint density at radius 2 is 1.59 bits per heavy atom. The van der Waals surface area contributed by atoms with Crippen LogP contribution >= 0.6 is 24.4 Å². The van der Waals surface area contributed by atoms with Crippen LogP contribution in [0.5, 0.6) is 0 Å². The Hall–Kier alpha value is -0.860. The molecule has 2 aromatic rings. The van der Waals surface area contributed by atoms with Crippen molar-refractivity contribution >= 4 is 24.4 Å². The number of rotatable bonds is 3. The molecule has 17 heavy (non-hydrogen) atoms. The van der Waals surface area contributed by atoms with Gasteiger partial charge in [0.25, 0.3) is 0 Å². The first-order valence-electron chi connectivity index (χ1n) is 5.63. The summed E-state index contributed by atoms with van der Waals surface area (Å²) in [6.45, 7) is 4.23. The van der Waals surface area contributed by atoms with Gasteiger partial charge < -0.3 is 0 Å². The lowest BCUT2D eigenvalue weighted by molar-refractivity contribution is 1.21. The molecule has 0 bridgehead atoms. The molecular weight excluding hydrogens is 244 g/mol. The fourth-order valence-electron chi connectivity index (χ4n) is 1.58. The van der Waals surface area contributed by atoms with E-state index in [2.05, 4.69) is 68.9 Å². The molecule has 0 N–H and O–H groups in total. The van der Waals surface area contributed by atoms with E-state index in [1.54, 1.807) is 0 Å². The molecule has 0 unspecified atom stereocenters. The molecule has 2 heteroatoms. The van der Waals surface area contributed by atoms with Gasteiger partial charge in [0.05, 0.1) is 0 Å². The lowest BCUT2D eigenvalue weighted by Gasteiger charge is -2.06. The van der Waals surface area contributed by atoms with Crippen molar-refractivity contribution in [2.45, 2.75) is 29.4 Å². The smallest absolute Gasteiger partial charge is 0.0232 e. The van der Waals surface area contributed by atoms with Gasteiger partial charge in [0.1, 0.15) is 0 Å². The molecule has 0 saturated heterocycles. The molecule has 0 heterocycles. The molecule has 0 spiro atoms. The average molecular weight is 260 g/mol. The first-order valence-corrected chi connectivity index (χ1v) is 7.06. The molecular formula is C15H16S2. The third-order valence-corrected chi connectivity index (χ3v) is 4.30. The topological polar surface area (TPSA) is 0 Å². The predicted molar refractivity (Wildman–Crippen MR) is 79.2 cm³/mol. The molecule has 2 rings (SSSR count). The van der Waals surface area contributed by atoms with Crippen molar-refractivity contribution in [2.24, 2.45) is 0 Å². The molecule has 0 fully saturated rings. The van der Waals surface area contributed by atoms with E-state index in [4.69, 9.17) is 0 Å². The highest BCUT2D eigenvalue weighted by Gasteiger charge is 2.01. The van der Waals surface area contributed by atoms with Gasteiger partial charge in [-0.1, -0.05) is 35.9 Å². The van der Waals surface area contributed by atoms with Crippen molar-refractivity contribution in [1.82, 2.24) is 0 Å². The van der Waals surface area contributed by atoms with Crippen LogP contribution in [-0.2, 0) is 5.75 Å². The molecule has 2 aromatic carbocycles. The maximum Gasteiger partial charge on any atom is 0.0232 e. The third-order valence-electron chi connectivity index (χ3n) is 2.63. The van der Waals surface area contributed by atoms with E-state index in [0.29, 0.717) is 0 Å². The molecule has 0 aliphatic rings. The van der Waals surface area contributed by atoms with Crippen LogP contribution in [0.25, 0.3) is 0 Å². The summed E-state index contributed by atoms with van der Waals surface area (Å²) in [5.74, 6) is 0.997. The van der Waals surface area contributed by atoms with Crippen LogP contribution < -0.4 is 0 Å². The number of thiol groups is 1. The normalized spacial score (nSPS) is 10.5. The van der Waals surface area contributed by atoms with E-state index in [1.807, 2.05) is 11.8 Å². The molecule has 0 atom stereocenters. The van der Waals surface area contributed by atoms with Gasteiger partial charge >= 0.3 is 0 Å². The SMILES string of the molecule is Cc1ccc(CSc2cc(C)ccc2S)cc1. The minimum Gasteiger partial charge on any atom is -0.142 e. The highest BCUT2D eigenvalue weighted by atomic mass is 32.2. The summed E-state index contributed by atoms with van der Waals surface area (Å²) in [7, 11) is 0. The van der Waals surface area contributed by atoms with Crippen molar-refractivity contribution in [1.29, 1.82) is 0 Å². The van der Waals surface area contributed by atoms with E-state index >= 15 is 0 Å². The highest BCUT2D eigenvalue weighted by Crippen LogP contribution is 2.29. The van der Waals surface area contributed by atoms with Gasteiger partial charge in [0.15, 0.2) is 0 Å². The van der Waals surface area contributed by atoms with Gasteiger partial charge in [-0.3, -0.25) is 0 Å². The van der Waals surface area contributed by atoms with Gasteiger partial charge in [-0.15, -0.1) is 24.4 Å². The first-order chi connectivity index (χ1) is 8.15. The third kappa shape index (κ3) is 3.55. The van der Waals surface area contributed by atoms with Gasteiger partial charge in [-0.25, -0.2) is 0 Å². The Morgan fingerprint density at radius 1 is 0.941 bits per heavy atom. The minimum atomic E-state index is 0.997. The quantitative estimate of drug-likeness (QED) is 0.606. The molecule has 0 aliphatic carbocycles. The van der Waals surface area contributed by atoms with E-state index in [1.165, 1.54) is 21.6 Å². The van der Waals surface area contributed by atoms with Crippen molar-refractivity contribution in [3.8, 4) is 0 Å². The molecule has 0 radical (unpaired) electrons. The monoisotopic (exact) mass is 260 g/mol. The molecule has 88 valence electrons. The van der Waals surface area contributed by atoms with Gasteiger partial charge in [0, 0.05) is 15.5 Å². The second kappa shape index (κ2) is 5.65. The van der Waals surface area contributed by atoms with Crippen LogP contribution in [0.1, 0.15) is 16.7 Å². The summed E-state index contributed by atoms with van der Waals surface area (Å²) < 4.78 is 0. The number of benzene rings is 2.